The topological polar surface area (TPSA) is 6.48 Å². The largest absolute Gasteiger partial charge is 0.333 e. The molecule has 2 unspecified atom stereocenters. The minimum Gasteiger partial charge on any atom is -0.333 e. The Balaban J connectivity index is 1.14. The molecule has 2 heteroatoms. The lowest BCUT2D eigenvalue weighted by molar-refractivity contribution is 0.589. The number of para-hydroxylation sites is 2. The van der Waals surface area contributed by atoms with Crippen molar-refractivity contribution >= 4 is 66.3 Å². The van der Waals surface area contributed by atoms with Crippen molar-refractivity contribution in [3.05, 3.63) is 216 Å². The van der Waals surface area contributed by atoms with Gasteiger partial charge in [0.05, 0.1) is 11.7 Å². The number of benzene rings is 9. The van der Waals surface area contributed by atoms with E-state index in [0.717, 1.165) is 5.69 Å². The molecule has 9 aromatic carbocycles. The Hall–Kier alpha value is -6.90. The predicted octanol–water partition coefficient (Wildman–Crippen LogP) is 17.8. The van der Waals surface area contributed by atoms with Gasteiger partial charge in [-0.15, -0.1) is 0 Å². The predicted molar refractivity (Wildman–Crippen MR) is 282 cm³/mol. The first-order valence-electron chi connectivity index (χ1n) is 23.4. The van der Waals surface area contributed by atoms with E-state index in [1.165, 1.54) is 99.6 Å². The molecule has 0 aromatic heterocycles. The Bertz CT molecular complexity index is 3230. The Labute approximate surface area is 386 Å². The Morgan fingerprint density at radius 3 is 1.49 bits per heavy atom. The van der Waals surface area contributed by atoms with Crippen LogP contribution in [0.1, 0.15) is 77.6 Å². The van der Waals surface area contributed by atoms with Gasteiger partial charge in [-0.2, -0.15) is 0 Å². The summed E-state index contributed by atoms with van der Waals surface area (Å²) >= 11 is 0. The summed E-state index contributed by atoms with van der Waals surface area (Å²) in [6.45, 7) is 20.6. The molecule has 65 heavy (non-hydrogen) atoms. The first kappa shape index (κ1) is 42.1. The van der Waals surface area contributed by atoms with Crippen LogP contribution >= 0.6 is 0 Å². The molecule has 2 atom stereocenters. The zero-order chi connectivity index (χ0) is 45.2. The molecular formula is C63H60N2. The molecule has 322 valence electrons. The normalized spacial score (nSPS) is 15.6. The third-order valence-corrected chi connectivity index (χ3v) is 14.0. The van der Waals surface area contributed by atoms with Crippen molar-refractivity contribution in [3.63, 3.8) is 0 Å². The highest BCUT2D eigenvalue weighted by atomic mass is 15.2. The second-order valence-electron chi connectivity index (χ2n) is 20.4. The maximum absolute atomic E-state index is 2.62. The van der Waals surface area contributed by atoms with Crippen LogP contribution in [0.3, 0.4) is 0 Å². The molecule has 0 spiro atoms. The van der Waals surface area contributed by atoms with Gasteiger partial charge in [0, 0.05) is 39.4 Å². The Morgan fingerprint density at radius 2 is 0.923 bits per heavy atom. The molecule has 9 aromatic rings. The quantitative estimate of drug-likeness (QED) is 0.141. The zero-order valence-electron chi connectivity index (χ0n) is 39.4. The maximum Gasteiger partial charge on any atom is 0.0618 e. The smallest absolute Gasteiger partial charge is 0.0618 e. The van der Waals surface area contributed by atoms with Crippen LogP contribution < -0.4 is 9.80 Å². The van der Waals surface area contributed by atoms with Gasteiger partial charge >= 0.3 is 0 Å². The first-order valence-corrected chi connectivity index (χ1v) is 23.4. The van der Waals surface area contributed by atoms with Crippen LogP contribution in [-0.4, -0.2) is 6.04 Å². The third-order valence-electron chi connectivity index (χ3n) is 14.0. The van der Waals surface area contributed by atoms with Crippen molar-refractivity contribution in [2.24, 2.45) is 5.92 Å². The molecule has 0 saturated carbocycles. The molecule has 0 fully saturated rings. The highest BCUT2D eigenvalue weighted by Gasteiger charge is 2.34. The fourth-order valence-electron chi connectivity index (χ4n) is 10.4. The lowest BCUT2D eigenvalue weighted by Gasteiger charge is -2.41. The van der Waals surface area contributed by atoms with Crippen molar-refractivity contribution in [1.82, 2.24) is 0 Å². The Morgan fingerprint density at radius 1 is 0.431 bits per heavy atom. The van der Waals surface area contributed by atoms with Crippen molar-refractivity contribution in [3.8, 4) is 11.1 Å². The van der Waals surface area contributed by atoms with E-state index < -0.39 is 0 Å². The summed E-state index contributed by atoms with van der Waals surface area (Å²) in [7, 11) is 0. The van der Waals surface area contributed by atoms with Gasteiger partial charge in [-0.05, 0) is 128 Å². The number of anilines is 5. The van der Waals surface area contributed by atoms with E-state index in [0.29, 0.717) is 0 Å². The molecule has 0 heterocycles. The second kappa shape index (κ2) is 16.3. The summed E-state index contributed by atoms with van der Waals surface area (Å²) < 4.78 is 0. The van der Waals surface area contributed by atoms with Crippen LogP contribution in [-0.2, 0) is 10.8 Å². The van der Waals surface area contributed by atoms with Crippen LogP contribution in [0.2, 0.25) is 0 Å². The Kier molecular flexibility index (Phi) is 10.5. The van der Waals surface area contributed by atoms with E-state index in [1.54, 1.807) is 0 Å². The van der Waals surface area contributed by atoms with Crippen LogP contribution in [0.15, 0.2) is 194 Å². The summed E-state index contributed by atoms with van der Waals surface area (Å²) in [4.78, 5) is 5.10. The molecule has 2 nitrogen and oxygen atoms in total. The van der Waals surface area contributed by atoms with Crippen LogP contribution in [0.4, 0.5) is 28.4 Å². The summed E-state index contributed by atoms with van der Waals surface area (Å²) in [5, 5.41) is 7.58. The van der Waals surface area contributed by atoms with E-state index >= 15 is 0 Å². The van der Waals surface area contributed by atoms with E-state index in [2.05, 4.69) is 260 Å². The van der Waals surface area contributed by atoms with E-state index in [9.17, 15) is 0 Å². The molecule has 0 N–H and O–H groups in total. The van der Waals surface area contributed by atoms with Crippen LogP contribution in [0.25, 0.3) is 49.0 Å². The van der Waals surface area contributed by atoms with Gasteiger partial charge in [-0.3, -0.25) is 0 Å². The van der Waals surface area contributed by atoms with Crippen molar-refractivity contribution in [2.75, 3.05) is 9.80 Å². The number of nitrogens with zero attached hydrogens (tertiary/aromatic N) is 2. The maximum atomic E-state index is 2.62. The van der Waals surface area contributed by atoms with Crippen molar-refractivity contribution in [2.45, 2.75) is 79.2 Å². The second-order valence-corrected chi connectivity index (χ2v) is 20.4. The van der Waals surface area contributed by atoms with Gasteiger partial charge < -0.3 is 9.80 Å². The number of aryl methyl sites for hydroxylation is 1. The van der Waals surface area contributed by atoms with Gasteiger partial charge in [-0.25, -0.2) is 0 Å². The fraction of sp³-hybridized carbons (Fsp3) is 0.206. The SMILES string of the molecule is CC1=CC=C(c2ccc(C(C)(C)C)cc2)C(C)C1N(c1ccccc1)c1ccc2ccc3c(N(c4ccccc4)c4cc(-c5ccc(C(C)(C)C)cc5)ccc4C)ccc4ccc1c2c43. The number of rotatable bonds is 8. The summed E-state index contributed by atoms with van der Waals surface area (Å²) in [6, 6.07) is 66.1. The molecule has 0 aliphatic heterocycles. The molecular weight excluding hydrogens is 785 g/mol. The molecule has 0 saturated heterocycles. The van der Waals surface area contributed by atoms with Gasteiger partial charge in [0.2, 0.25) is 0 Å². The van der Waals surface area contributed by atoms with Gasteiger partial charge in [0.1, 0.15) is 0 Å². The average Bonchev–Trinajstić information content (AvgIpc) is 3.31. The lowest BCUT2D eigenvalue weighted by Crippen LogP contribution is -2.39. The summed E-state index contributed by atoms with van der Waals surface area (Å²) in [5.41, 5.74) is 16.4. The molecule has 0 bridgehead atoms. The van der Waals surface area contributed by atoms with Crippen LogP contribution in [0, 0.1) is 12.8 Å². The lowest BCUT2D eigenvalue weighted by atomic mass is 9.78. The highest BCUT2D eigenvalue weighted by Crippen LogP contribution is 2.49. The van der Waals surface area contributed by atoms with E-state index in [-0.39, 0.29) is 22.8 Å². The minimum atomic E-state index is 0.0984. The molecule has 0 radical (unpaired) electrons. The fourth-order valence-corrected chi connectivity index (χ4v) is 10.4. The minimum absolute atomic E-state index is 0.0984. The number of hydrogen-bond donors (Lipinski definition) is 0. The molecule has 10 rings (SSSR count). The number of hydrogen-bond acceptors (Lipinski definition) is 2. The van der Waals surface area contributed by atoms with Gasteiger partial charge in [0.15, 0.2) is 0 Å². The van der Waals surface area contributed by atoms with Crippen molar-refractivity contribution in [1.29, 1.82) is 0 Å². The summed E-state index contributed by atoms with van der Waals surface area (Å²) in [5.74, 6) is 0.223. The number of allylic oxidation sites excluding steroid dienone is 2. The standard InChI is InChI=1S/C63H60N2/c1-41-20-22-48(44-23-31-49(32-24-44)62(4,5)6)40-58(41)64(51-16-12-10-13-17-51)56-38-29-46-28-37-55-57(39-30-47-27-36-54(56)59(46)60(47)55)65(52-18-14-11-15-19-52)61-42(2)21-35-53(43(61)3)45-25-33-50(34-26-45)63(7,8)9/h10-40,43,61H,1-9H3. The van der Waals surface area contributed by atoms with Gasteiger partial charge in [-0.1, -0.05) is 200 Å². The molecule has 1 aliphatic rings. The van der Waals surface area contributed by atoms with Crippen LogP contribution in [0.5, 0.6) is 0 Å². The van der Waals surface area contributed by atoms with Gasteiger partial charge in [0.25, 0.3) is 0 Å². The monoisotopic (exact) mass is 844 g/mol. The molecule has 0 amide bonds. The van der Waals surface area contributed by atoms with E-state index in [4.69, 9.17) is 0 Å². The third kappa shape index (κ3) is 7.59. The zero-order valence-corrected chi connectivity index (χ0v) is 39.4. The van der Waals surface area contributed by atoms with Crippen molar-refractivity contribution < 1.29 is 0 Å². The molecule has 1 aliphatic carbocycles. The first-order chi connectivity index (χ1) is 31.3. The highest BCUT2D eigenvalue weighted by molar-refractivity contribution is 6.28. The summed E-state index contributed by atoms with van der Waals surface area (Å²) in [6.07, 6.45) is 4.71. The van der Waals surface area contributed by atoms with E-state index in [1.807, 2.05) is 0 Å². The average molecular weight is 845 g/mol.